The third-order valence-corrected chi connectivity index (χ3v) is 2.40. The molecular weight excluding hydrogens is 282 g/mol. The number of benzene rings is 1. The fourth-order valence-electron chi connectivity index (χ4n) is 1.02. The molecule has 0 aromatic heterocycles. The lowest BCUT2D eigenvalue weighted by Crippen LogP contribution is -2.21. The average Bonchev–Trinajstić information content (AvgIpc) is 2.26. The number of aliphatic hydroxyl groups is 2. The van der Waals surface area contributed by atoms with Crippen molar-refractivity contribution >= 4 is 21.6 Å². The molecule has 7 heteroatoms. The van der Waals surface area contributed by atoms with Crippen LogP contribution >= 0.6 is 15.9 Å². The van der Waals surface area contributed by atoms with Gasteiger partial charge in [-0.3, -0.25) is 10.1 Å². The molecule has 2 N–H and O–H groups in total. The second-order valence-corrected chi connectivity index (χ2v) is 3.85. The van der Waals surface area contributed by atoms with Gasteiger partial charge in [0.2, 0.25) is 5.75 Å². The average molecular weight is 292 g/mol. The van der Waals surface area contributed by atoms with Gasteiger partial charge in [0.1, 0.15) is 12.7 Å². The van der Waals surface area contributed by atoms with Crippen molar-refractivity contribution in [1.82, 2.24) is 0 Å². The number of hydrogen-bond donors (Lipinski definition) is 2. The van der Waals surface area contributed by atoms with E-state index >= 15 is 0 Å². The molecule has 0 amide bonds. The molecular formula is C9H10BrNO5. The summed E-state index contributed by atoms with van der Waals surface area (Å²) in [5.41, 5.74) is -0.195. The molecule has 0 saturated carbocycles. The van der Waals surface area contributed by atoms with Crippen LogP contribution in [0.3, 0.4) is 0 Å². The highest BCUT2D eigenvalue weighted by atomic mass is 79.9. The van der Waals surface area contributed by atoms with Crippen LogP contribution in [0.15, 0.2) is 22.7 Å². The summed E-state index contributed by atoms with van der Waals surface area (Å²) in [6.45, 7) is -0.668. The number of halogens is 1. The van der Waals surface area contributed by atoms with Gasteiger partial charge in [-0.05, 0) is 22.0 Å². The van der Waals surface area contributed by atoms with E-state index in [9.17, 15) is 10.1 Å². The second kappa shape index (κ2) is 5.78. The maximum atomic E-state index is 10.7. The second-order valence-electron chi connectivity index (χ2n) is 2.99. The highest BCUT2D eigenvalue weighted by Gasteiger charge is 2.18. The zero-order chi connectivity index (χ0) is 12.1. The maximum absolute atomic E-state index is 10.7. The van der Waals surface area contributed by atoms with Gasteiger partial charge in [0.05, 0.1) is 16.0 Å². The van der Waals surface area contributed by atoms with Gasteiger partial charge < -0.3 is 14.9 Å². The van der Waals surface area contributed by atoms with Crippen LogP contribution in [-0.2, 0) is 0 Å². The Kier molecular flexibility index (Phi) is 4.66. The van der Waals surface area contributed by atoms with E-state index in [1.165, 1.54) is 12.1 Å². The topological polar surface area (TPSA) is 92.8 Å². The van der Waals surface area contributed by atoms with Gasteiger partial charge >= 0.3 is 5.69 Å². The molecule has 0 aliphatic rings. The molecule has 1 rings (SSSR count). The van der Waals surface area contributed by atoms with E-state index in [1.54, 1.807) is 6.07 Å². The lowest BCUT2D eigenvalue weighted by atomic mass is 10.3. The first-order valence-electron chi connectivity index (χ1n) is 4.41. The normalized spacial score (nSPS) is 12.2. The summed E-state index contributed by atoms with van der Waals surface area (Å²) < 4.78 is 5.51. The number of nitrogens with zero attached hydrogens (tertiary/aromatic N) is 1. The summed E-state index contributed by atoms with van der Waals surface area (Å²) in [4.78, 5) is 10.1. The first kappa shape index (κ1) is 12.9. The van der Waals surface area contributed by atoms with Gasteiger partial charge in [-0.15, -0.1) is 0 Å². The van der Waals surface area contributed by atoms with Crippen LogP contribution in [-0.4, -0.2) is 34.5 Å². The fraction of sp³-hybridized carbons (Fsp3) is 0.333. The third kappa shape index (κ3) is 3.16. The van der Waals surface area contributed by atoms with Crippen LogP contribution in [0.4, 0.5) is 5.69 Å². The molecule has 6 nitrogen and oxygen atoms in total. The number of nitro benzene ring substituents is 1. The number of rotatable bonds is 5. The number of nitro groups is 1. The molecule has 0 fully saturated rings. The lowest BCUT2D eigenvalue weighted by Gasteiger charge is -2.11. The van der Waals surface area contributed by atoms with Crippen LogP contribution in [0.2, 0.25) is 0 Å². The Morgan fingerprint density at radius 3 is 2.81 bits per heavy atom. The van der Waals surface area contributed by atoms with Crippen LogP contribution in [0.25, 0.3) is 0 Å². The Morgan fingerprint density at radius 1 is 1.56 bits per heavy atom. The van der Waals surface area contributed by atoms with Crippen molar-refractivity contribution < 1.29 is 19.9 Å². The third-order valence-electron chi connectivity index (χ3n) is 1.77. The summed E-state index contributed by atoms with van der Waals surface area (Å²) >= 11 is 3.11. The molecule has 0 aliphatic heterocycles. The monoisotopic (exact) mass is 291 g/mol. The van der Waals surface area contributed by atoms with E-state index in [0.717, 1.165) is 0 Å². The molecule has 0 spiro atoms. The molecule has 1 aromatic rings. The van der Waals surface area contributed by atoms with Crippen molar-refractivity contribution in [2.24, 2.45) is 0 Å². The summed E-state index contributed by atoms with van der Waals surface area (Å²) in [5.74, 6) is 0.0417. The minimum absolute atomic E-state index is 0.0417. The molecule has 0 heterocycles. The summed E-state index contributed by atoms with van der Waals surface area (Å²) in [6, 6.07) is 4.40. The quantitative estimate of drug-likeness (QED) is 0.626. The van der Waals surface area contributed by atoms with Crippen molar-refractivity contribution in [2.45, 2.75) is 6.10 Å². The Bertz CT molecular complexity index is 384. The lowest BCUT2D eigenvalue weighted by molar-refractivity contribution is -0.386. The van der Waals surface area contributed by atoms with Crippen LogP contribution < -0.4 is 4.74 Å². The van der Waals surface area contributed by atoms with Gasteiger partial charge in [0, 0.05) is 6.07 Å². The van der Waals surface area contributed by atoms with Crippen LogP contribution in [0.1, 0.15) is 0 Å². The van der Waals surface area contributed by atoms with Crippen molar-refractivity contribution in [2.75, 3.05) is 13.2 Å². The Hall–Kier alpha value is -1.18. The van der Waals surface area contributed by atoms with Gasteiger partial charge in [0.15, 0.2) is 0 Å². The fourth-order valence-corrected chi connectivity index (χ4v) is 1.49. The first-order valence-corrected chi connectivity index (χ1v) is 5.20. The SMILES string of the molecule is O=[N+]([O-])c1cccc(Br)c1OCC(O)CO. The zero-order valence-corrected chi connectivity index (χ0v) is 9.75. The van der Waals surface area contributed by atoms with Crippen molar-refractivity contribution in [1.29, 1.82) is 0 Å². The Morgan fingerprint density at radius 2 is 2.25 bits per heavy atom. The van der Waals surface area contributed by atoms with Gasteiger partial charge in [0.25, 0.3) is 0 Å². The smallest absolute Gasteiger partial charge is 0.312 e. The van der Waals surface area contributed by atoms with Crippen molar-refractivity contribution in [3.8, 4) is 5.75 Å². The largest absolute Gasteiger partial charge is 0.483 e. The van der Waals surface area contributed by atoms with E-state index < -0.39 is 17.6 Å². The molecule has 0 bridgehead atoms. The molecule has 16 heavy (non-hydrogen) atoms. The van der Waals surface area contributed by atoms with Gasteiger partial charge in [-0.1, -0.05) is 6.07 Å². The molecule has 88 valence electrons. The summed E-state index contributed by atoms with van der Waals surface area (Å²) in [7, 11) is 0. The first-order chi connectivity index (χ1) is 7.56. The molecule has 0 radical (unpaired) electrons. The maximum Gasteiger partial charge on any atom is 0.312 e. The van der Waals surface area contributed by atoms with Crippen molar-refractivity contribution in [3.05, 3.63) is 32.8 Å². The number of aliphatic hydroxyl groups excluding tert-OH is 2. The predicted molar refractivity (Wildman–Crippen MR) is 59.4 cm³/mol. The highest BCUT2D eigenvalue weighted by molar-refractivity contribution is 9.10. The highest BCUT2D eigenvalue weighted by Crippen LogP contribution is 2.34. The van der Waals surface area contributed by atoms with E-state index in [4.69, 9.17) is 14.9 Å². The summed E-state index contributed by atoms with van der Waals surface area (Å²) in [6.07, 6.45) is -1.06. The number of ether oxygens (including phenoxy) is 1. The molecule has 1 aromatic carbocycles. The number of hydrogen-bond acceptors (Lipinski definition) is 5. The minimum Gasteiger partial charge on any atom is -0.483 e. The van der Waals surface area contributed by atoms with Gasteiger partial charge in [-0.2, -0.15) is 0 Å². The van der Waals surface area contributed by atoms with Gasteiger partial charge in [-0.25, -0.2) is 0 Å². The van der Waals surface area contributed by atoms with Crippen molar-refractivity contribution in [3.63, 3.8) is 0 Å². The van der Waals surface area contributed by atoms with Crippen LogP contribution in [0, 0.1) is 10.1 Å². The Balaban J connectivity index is 2.88. The zero-order valence-electron chi connectivity index (χ0n) is 8.17. The predicted octanol–water partition coefficient (Wildman–Crippen LogP) is 1.09. The standard InChI is InChI=1S/C9H10BrNO5/c10-7-2-1-3-8(11(14)15)9(7)16-5-6(13)4-12/h1-3,6,12-13H,4-5H2. The Labute approximate surface area is 99.7 Å². The molecule has 1 unspecified atom stereocenters. The molecule has 1 atom stereocenters. The van der Waals surface area contributed by atoms with E-state index in [-0.39, 0.29) is 18.0 Å². The number of para-hydroxylation sites is 1. The van der Waals surface area contributed by atoms with E-state index in [1.807, 2.05) is 0 Å². The minimum atomic E-state index is -1.06. The molecule has 0 saturated heterocycles. The molecule has 0 aliphatic carbocycles. The van der Waals surface area contributed by atoms with E-state index in [2.05, 4.69) is 15.9 Å². The summed E-state index contributed by atoms with van der Waals surface area (Å²) in [5, 5.41) is 28.3. The van der Waals surface area contributed by atoms with Crippen LogP contribution in [0.5, 0.6) is 5.75 Å². The van der Waals surface area contributed by atoms with E-state index in [0.29, 0.717) is 4.47 Å².